The van der Waals surface area contributed by atoms with E-state index in [2.05, 4.69) is 24.1 Å². The summed E-state index contributed by atoms with van der Waals surface area (Å²) in [4.78, 5) is 19.7. The number of anilines is 3. The van der Waals surface area contributed by atoms with Crippen molar-refractivity contribution in [3.05, 3.63) is 71.9 Å². The van der Waals surface area contributed by atoms with Gasteiger partial charge in [0, 0.05) is 29.9 Å². The van der Waals surface area contributed by atoms with Crippen molar-refractivity contribution in [2.45, 2.75) is 20.8 Å². The van der Waals surface area contributed by atoms with Crippen molar-refractivity contribution in [2.24, 2.45) is 0 Å². The Morgan fingerprint density at radius 1 is 1.00 bits per heavy atom. The van der Waals surface area contributed by atoms with Gasteiger partial charge in [0.1, 0.15) is 5.82 Å². The monoisotopic (exact) mass is 389 g/mol. The maximum absolute atomic E-state index is 12.7. The van der Waals surface area contributed by atoms with E-state index in [4.69, 9.17) is 9.72 Å². The molecule has 0 unspecified atom stereocenters. The molecule has 3 rings (SSSR count). The molecule has 0 amide bonds. The molecule has 1 N–H and O–H groups in total. The molecule has 0 radical (unpaired) electrons. The van der Waals surface area contributed by atoms with Crippen LogP contribution in [-0.2, 0) is 4.74 Å². The Kier molecular flexibility index (Phi) is 6.50. The number of hydrogen-bond acceptors (Lipinski definition) is 5. The Morgan fingerprint density at radius 2 is 1.59 bits per heavy atom. The van der Waals surface area contributed by atoms with Crippen LogP contribution in [0.4, 0.5) is 17.2 Å². The molecule has 5 heteroatoms. The van der Waals surface area contributed by atoms with Crippen LogP contribution < -0.4 is 10.2 Å². The SMILES string of the molecule is CCN(CC)c1nc(C(=O)OC)c(-c2ccccc2)c(Nc2ccccc2)c1C. The zero-order valence-electron chi connectivity index (χ0n) is 17.4. The van der Waals surface area contributed by atoms with Gasteiger partial charge in [0.05, 0.1) is 12.8 Å². The first-order chi connectivity index (χ1) is 14.1. The second-order valence-corrected chi connectivity index (χ2v) is 6.68. The summed E-state index contributed by atoms with van der Waals surface area (Å²) in [6, 6.07) is 19.8. The fourth-order valence-electron chi connectivity index (χ4n) is 3.45. The number of nitrogens with one attached hydrogen (secondary N) is 1. The topological polar surface area (TPSA) is 54.5 Å². The Hall–Kier alpha value is -3.34. The predicted octanol–water partition coefficient (Wildman–Crippen LogP) is 5.43. The number of benzene rings is 2. The van der Waals surface area contributed by atoms with Crippen molar-refractivity contribution in [3.63, 3.8) is 0 Å². The van der Waals surface area contributed by atoms with Crippen molar-refractivity contribution in [1.29, 1.82) is 0 Å². The summed E-state index contributed by atoms with van der Waals surface area (Å²) in [6.07, 6.45) is 0. The van der Waals surface area contributed by atoms with Crippen LogP contribution in [0.1, 0.15) is 29.9 Å². The molecule has 0 bridgehead atoms. The zero-order valence-corrected chi connectivity index (χ0v) is 17.4. The van der Waals surface area contributed by atoms with Gasteiger partial charge < -0.3 is 15.0 Å². The van der Waals surface area contributed by atoms with Crippen LogP contribution in [0.15, 0.2) is 60.7 Å². The van der Waals surface area contributed by atoms with E-state index in [0.29, 0.717) is 5.69 Å². The van der Waals surface area contributed by atoms with Gasteiger partial charge in [0.15, 0.2) is 5.69 Å². The lowest BCUT2D eigenvalue weighted by molar-refractivity contribution is 0.0595. The van der Waals surface area contributed by atoms with Crippen LogP contribution in [0.2, 0.25) is 0 Å². The summed E-state index contributed by atoms with van der Waals surface area (Å²) < 4.78 is 5.10. The molecule has 0 aliphatic rings. The largest absolute Gasteiger partial charge is 0.464 e. The number of carbonyl (C=O) groups is 1. The second kappa shape index (κ2) is 9.24. The van der Waals surface area contributed by atoms with Crippen molar-refractivity contribution >= 4 is 23.2 Å². The van der Waals surface area contributed by atoms with Crippen LogP contribution in [0.3, 0.4) is 0 Å². The first-order valence-electron chi connectivity index (χ1n) is 9.86. The molecule has 3 aromatic rings. The standard InChI is InChI=1S/C24H27N3O2/c1-5-27(6-2)23-17(3)21(25-19-15-11-8-12-16-19)20(18-13-9-7-10-14-18)22(26-23)24(28)29-4/h7-16H,5-6H2,1-4H3,(H,25,26). The third-order valence-corrected chi connectivity index (χ3v) is 4.96. The Bertz CT molecular complexity index is 968. The molecule has 1 heterocycles. The number of ether oxygens (including phenoxy) is 1. The highest BCUT2D eigenvalue weighted by atomic mass is 16.5. The minimum atomic E-state index is -0.451. The fourth-order valence-corrected chi connectivity index (χ4v) is 3.45. The molecule has 1 aromatic heterocycles. The van der Waals surface area contributed by atoms with Gasteiger partial charge in [-0.3, -0.25) is 0 Å². The van der Waals surface area contributed by atoms with Crippen LogP contribution in [0.25, 0.3) is 11.1 Å². The fraction of sp³-hybridized carbons (Fsp3) is 0.250. The Morgan fingerprint density at radius 3 is 2.14 bits per heavy atom. The minimum absolute atomic E-state index is 0.310. The van der Waals surface area contributed by atoms with Gasteiger partial charge in [-0.1, -0.05) is 48.5 Å². The van der Waals surface area contributed by atoms with Crippen molar-refractivity contribution in [2.75, 3.05) is 30.4 Å². The number of pyridine rings is 1. The van der Waals surface area contributed by atoms with E-state index >= 15 is 0 Å². The maximum atomic E-state index is 12.7. The van der Waals surface area contributed by atoms with Crippen LogP contribution >= 0.6 is 0 Å². The number of rotatable bonds is 7. The van der Waals surface area contributed by atoms with Gasteiger partial charge in [-0.15, -0.1) is 0 Å². The zero-order chi connectivity index (χ0) is 20.8. The lowest BCUT2D eigenvalue weighted by Crippen LogP contribution is -2.26. The molecule has 0 saturated heterocycles. The first-order valence-corrected chi connectivity index (χ1v) is 9.86. The lowest BCUT2D eigenvalue weighted by atomic mass is 9.98. The number of nitrogens with zero attached hydrogens (tertiary/aromatic N) is 2. The molecule has 0 atom stereocenters. The number of carbonyl (C=O) groups excluding carboxylic acids is 1. The molecule has 5 nitrogen and oxygen atoms in total. The number of para-hydroxylation sites is 1. The number of methoxy groups -OCH3 is 1. The number of hydrogen-bond donors (Lipinski definition) is 1. The van der Waals surface area contributed by atoms with E-state index in [1.54, 1.807) is 0 Å². The molecule has 0 saturated carbocycles. The summed E-state index contributed by atoms with van der Waals surface area (Å²) in [5.74, 6) is 0.335. The molecule has 0 spiro atoms. The first kappa shape index (κ1) is 20.4. The average Bonchev–Trinajstić information content (AvgIpc) is 2.77. The molecule has 0 fully saturated rings. The summed E-state index contributed by atoms with van der Waals surface area (Å²) in [6.45, 7) is 7.79. The van der Waals surface area contributed by atoms with Gasteiger partial charge >= 0.3 is 5.97 Å². The van der Waals surface area contributed by atoms with E-state index in [9.17, 15) is 4.79 Å². The normalized spacial score (nSPS) is 10.5. The third kappa shape index (κ3) is 4.24. The molecule has 0 aliphatic heterocycles. The summed E-state index contributed by atoms with van der Waals surface area (Å²) in [5.41, 5.74) is 4.76. The quantitative estimate of drug-likeness (QED) is 0.546. The third-order valence-electron chi connectivity index (χ3n) is 4.96. The Labute approximate surface area is 172 Å². The van der Waals surface area contributed by atoms with Gasteiger partial charge in [0.2, 0.25) is 0 Å². The van der Waals surface area contributed by atoms with E-state index in [0.717, 1.165) is 47.0 Å². The van der Waals surface area contributed by atoms with Crippen LogP contribution in [-0.4, -0.2) is 31.2 Å². The van der Waals surface area contributed by atoms with Gasteiger partial charge in [-0.2, -0.15) is 0 Å². The van der Waals surface area contributed by atoms with Gasteiger partial charge in [-0.05, 0) is 38.5 Å². The molecule has 150 valence electrons. The van der Waals surface area contributed by atoms with Gasteiger partial charge in [0.25, 0.3) is 0 Å². The van der Waals surface area contributed by atoms with Crippen molar-refractivity contribution in [3.8, 4) is 11.1 Å². The van der Waals surface area contributed by atoms with Crippen molar-refractivity contribution < 1.29 is 9.53 Å². The van der Waals surface area contributed by atoms with E-state index in [1.807, 2.05) is 67.6 Å². The highest BCUT2D eigenvalue weighted by molar-refractivity contribution is 6.02. The molecule has 29 heavy (non-hydrogen) atoms. The number of aromatic nitrogens is 1. The molecular weight excluding hydrogens is 362 g/mol. The van der Waals surface area contributed by atoms with E-state index < -0.39 is 5.97 Å². The smallest absolute Gasteiger partial charge is 0.357 e. The minimum Gasteiger partial charge on any atom is -0.464 e. The van der Waals surface area contributed by atoms with Crippen LogP contribution in [0, 0.1) is 6.92 Å². The second-order valence-electron chi connectivity index (χ2n) is 6.68. The van der Waals surface area contributed by atoms with Crippen molar-refractivity contribution in [1.82, 2.24) is 4.98 Å². The lowest BCUT2D eigenvalue weighted by Gasteiger charge is -2.26. The predicted molar refractivity (Wildman–Crippen MR) is 119 cm³/mol. The Balaban J connectivity index is 2.33. The summed E-state index contributed by atoms with van der Waals surface area (Å²) in [5, 5.41) is 3.53. The van der Waals surface area contributed by atoms with E-state index in [-0.39, 0.29) is 0 Å². The number of esters is 1. The molecule has 2 aromatic carbocycles. The van der Waals surface area contributed by atoms with Crippen LogP contribution in [0.5, 0.6) is 0 Å². The highest BCUT2D eigenvalue weighted by Gasteiger charge is 2.25. The molecule has 0 aliphatic carbocycles. The average molecular weight is 389 g/mol. The molecular formula is C24H27N3O2. The summed E-state index contributed by atoms with van der Waals surface area (Å²) >= 11 is 0. The van der Waals surface area contributed by atoms with Gasteiger partial charge in [-0.25, -0.2) is 9.78 Å². The van der Waals surface area contributed by atoms with E-state index in [1.165, 1.54) is 7.11 Å². The highest BCUT2D eigenvalue weighted by Crippen LogP contribution is 2.39. The maximum Gasteiger partial charge on any atom is 0.357 e. The summed E-state index contributed by atoms with van der Waals surface area (Å²) in [7, 11) is 1.39.